The molecule has 7 nitrogen and oxygen atoms in total. The zero-order valence-corrected chi connectivity index (χ0v) is 18.3. The lowest BCUT2D eigenvalue weighted by atomic mass is 9.96. The van der Waals surface area contributed by atoms with Crippen molar-refractivity contribution in [1.82, 2.24) is 15.2 Å². The van der Waals surface area contributed by atoms with Crippen molar-refractivity contribution in [3.8, 4) is 11.3 Å². The summed E-state index contributed by atoms with van der Waals surface area (Å²) in [6.07, 6.45) is 3.98. The fraction of sp³-hybridized carbons (Fsp3) is 0.455. The van der Waals surface area contributed by atoms with Gasteiger partial charge >= 0.3 is 6.03 Å². The number of carbonyl (C=O) groups is 3. The molecule has 0 radical (unpaired) electrons. The average Bonchev–Trinajstić information content (AvgIpc) is 3.47. The van der Waals surface area contributed by atoms with Crippen LogP contribution in [0.1, 0.15) is 43.6 Å². The van der Waals surface area contributed by atoms with Crippen molar-refractivity contribution in [1.29, 1.82) is 0 Å². The Bertz CT molecular complexity index is 996. The number of carbonyl (C=O) groups excluding carboxylic acids is 3. The summed E-state index contributed by atoms with van der Waals surface area (Å²) in [7, 11) is 0. The normalized spacial score (nSPS) is 21.1. The van der Waals surface area contributed by atoms with Gasteiger partial charge in [0.05, 0.1) is 5.69 Å². The van der Waals surface area contributed by atoms with Crippen LogP contribution in [0.4, 0.5) is 9.93 Å². The van der Waals surface area contributed by atoms with Crippen LogP contribution in [0.2, 0.25) is 0 Å². The average molecular weight is 427 g/mol. The maximum absolute atomic E-state index is 12.7. The number of thiazole rings is 1. The number of amides is 4. The molecule has 4 amide bonds. The highest BCUT2D eigenvalue weighted by atomic mass is 32.1. The monoisotopic (exact) mass is 426 g/mol. The zero-order chi connectivity index (χ0) is 21.5. The second-order valence-electron chi connectivity index (χ2n) is 8.22. The lowest BCUT2D eigenvalue weighted by Crippen LogP contribution is -2.46. The summed E-state index contributed by atoms with van der Waals surface area (Å²) in [6, 6.07) is 7.79. The van der Waals surface area contributed by atoms with Crippen molar-refractivity contribution in [2.24, 2.45) is 5.92 Å². The van der Waals surface area contributed by atoms with Gasteiger partial charge < -0.3 is 10.6 Å². The van der Waals surface area contributed by atoms with E-state index in [0.717, 1.165) is 46.7 Å². The van der Waals surface area contributed by atoms with Crippen LogP contribution < -0.4 is 10.6 Å². The minimum Gasteiger partial charge on any atom is -0.323 e. The van der Waals surface area contributed by atoms with E-state index in [-0.39, 0.29) is 18.4 Å². The van der Waals surface area contributed by atoms with Gasteiger partial charge in [-0.15, -0.1) is 11.3 Å². The molecule has 2 fully saturated rings. The molecule has 2 aliphatic rings. The van der Waals surface area contributed by atoms with E-state index in [4.69, 9.17) is 0 Å². The molecule has 158 valence electrons. The van der Waals surface area contributed by atoms with Crippen molar-refractivity contribution >= 4 is 34.3 Å². The number of anilines is 1. The van der Waals surface area contributed by atoms with Crippen molar-refractivity contribution in [2.75, 3.05) is 11.9 Å². The molecule has 0 bridgehead atoms. The molecule has 1 aliphatic heterocycles. The highest BCUT2D eigenvalue weighted by molar-refractivity contribution is 7.16. The predicted octanol–water partition coefficient (Wildman–Crippen LogP) is 3.73. The Balaban J connectivity index is 1.42. The molecule has 8 heteroatoms. The van der Waals surface area contributed by atoms with Gasteiger partial charge in [0.2, 0.25) is 5.91 Å². The van der Waals surface area contributed by atoms with E-state index < -0.39 is 17.5 Å². The second kappa shape index (κ2) is 7.83. The SMILES string of the molecule is CCCc1ccc(-c2nc(NC(=O)CN3C(=O)NC(C)(C4CC4)C3=O)sc2C)cc1. The smallest absolute Gasteiger partial charge is 0.323 e. The molecule has 4 rings (SSSR count). The largest absolute Gasteiger partial charge is 0.325 e. The van der Waals surface area contributed by atoms with E-state index in [1.54, 1.807) is 6.92 Å². The molecule has 30 heavy (non-hydrogen) atoms. The van der Waals surface area contributed by atoms with E-state index in [1.165, 1.54) is 16.9 Å². The Labute approximate surface area is 179 Å². The van der Waals surface area contributed by atoms with Crippen LogP contribution in [0, 0.1) is 12.8 Å². The van der Waals surface area contributed by atoms with Crippen LogP contribution >= 0.6 is 11.3 Å². The summed E-state index contributed by atoms with van der Waals surface area (Å²) in [5.41, 5.74) is 2.23. The summed E-state index contributed by atoms with van der Waals surface area (Å²) in [5.74, 6) is -0.597. The minimum atomic E-state index is -0.883. The van der Waals surface area contributed by atoms with Gasteiger partial charge in [-0.2, -0.15) is 0 Å². The van der Waals surface area contributed by atoms with Gasteiger partial charge in [-0.1, -0.05) is 37.6 Å². The third kappa shape index (κ3) is 3.84. The molecule has 1 aliphatic carbocycles. The molecule has 1 atom stereocenters. The number of nitrogens with zero attached hydrogens (tertiary/aromatic N) is 2. The van der Waals surface area contributed by atoms with Crippen LogP contribution in [0.15, 0.2) is 24.3 Å². The first-order chi connectivity index (χ1) is 14.3. The lowest BCUT2D eigenvalue weighted by Gasteiger charge is -2.20. The van der Waals surface area contributed by atoms with Gasteiger partial charge in [-0.25, -0.2) is 9.78 Å². The maximum Gasteiger partial charge on any atom is 0.325 e. The van der Waals surface area contributed by atoms with Gasteiger partial charge in [0.15, 0.2) is 5.13 Å². The third-order valence-corrected chi connectivity index (χ3v) is 6.69. The topological polar surface area (TPSA) is 91.4 Å². The second-order valence-corrected chi connectivity index (χ2v) is 9.42. The number of rotatable bonds is 7. The molecule has 1 aromatic carbocycles. The first kappa shape index (κ1) is 20.5. The Morgan fingerprint density at radius 1 is 1.30 bits per heavy atom. The summed E-state index contributed by atoms with van der Waals surface area (Å²) >= 11 is 1.38. The predicted molar refractivity (Wildman–Crippen MR) is 116 cm³/mol. The van der Waals surface area contributed by atoms with E-state index >= 15 is 0 Å². The number of hydrogen-bond donors (Lipinski definition) is 2. The van der Waals surface area contributed by atoms with Gasteiger partial charge in [-0.05, 0) is 44.6 Å². The summed E-state index contributed by atoms with van der Waals surface area (Å²) in [6.45, 7) is 5.54. The standard InChI is InChI=1S/C22H26N4O3S/c1-4-5-14-6-8-15(9-7-14)18-13(2)30-20(24-18)23-17(27)12-26-19(28)22(3,16-10-11-16)25-21(26)29/h6-9,16H,4-5,10-12H2,1-3H3,(H,25,29)(H,23,24,27). The van der Waals surface area contributed by atoms with Crippen molar-refractivity contribution in [2.45, 2.75) is 52.0 Å². The van der Waals surface area contributed by atoms with E-state index in [1.807, 2.05) is 19.1 Å². The maximum atomic E-state index is 12.7. The lowest BCUT2D eigenvalue weighted by molar-refractivity contribution is -0.134. The fourth-order valence-corrected chi connectivity index (χ4v) is 4.79. The Morgan fingerprint density at radius 2 is 2.00 bits per heavy atom. The molecule has 2 aromatic rings. The number of hydrogen-bond acceptors (Lipinski definition) is 5. The molecule has 0 spiro atoms. The van der Waals surface area contributed by atoms with Crippen molar-refractivity contribution in [3.63, 3.8) is 0 Å². The van der Waals surface area contributed by atoms with Crippen LogP contribution in [0.5, 0.6) is 0 Å². The van der Waals surface area contributed by atoms with Crippen LogP contribution in [-0.2, 0) is 16.0 Å². The van der Waals surface area contributed by atoms with Crippen LogP contribution in [-0.4, -0.2) is 39.8 Å². The van der Waals surface area contributed by atoms with Crippen molar-refractivity contribution in [3.05, 3.63) is 34.7 Å². The molecular formula is C22H26N4O3S. The molecule has 1 saturated carbocycles. The summed E-state index contributed by atoms with van der Waals surface area (Å²) in [5, 5.41) is 5.95. The molecule has 1 aromatic heterocycles. The van der Waals surface area contributed by atoms with Gasteiger partial charge in [0.25, 0.3) is 5.91 Å². The highest BCUT2D eigenvalue weighted by Crippen LogP contribution is 2.42. The number of aryl methyl sites for hydroxylation is 2. The Morgan fingerprint density at radius 3 is 2.63 bits per heavy atom. The molecule has 2 heterocycles. The van der Waals surface area contributed by atoms with E-state index in [0.29, 0.717) is 5.13 Å². The van der Waals surface area contributed by atoms with Gasteiger partial charge in [-0.3, -0.25) is 14.5 Å². The summed E-state index contributed by atoms with van der Waals surface area (Å²) < 4.78 is 0. The van der Waals surface area contributed by atoms with Crippen molar-refractivity contribution < 1.29 is 14.4 Å². The zero-order valence-electron chi connectivity index (χ0n) is 17.4. The first-order valence-corrected chi connectivity index (χ1v) is 11.1. The van der Waals surface area contributed by atoms with Gasteiger partial charge in [0.1, 0.15) is 12.1 Å². The number of imide groups is 1. The third-order valence-electron chi connectivity index (χ3n) is 5.81. The highest BCUT2D eigenvalue weighted by Gasteiger charge is 2.56. The Hall–Kier alpha value is -2.74. The Kier molecular flexibility index (Phi) is 5.36. The number of benzene rings is 1. The van der Waals surface area contributed by atoms with Crippen LogP contribution in [0.25, 0.3) is 11.3 Å². The van der Waals surface area contributed by atoms with E-state index in [2.05, 4.69) is 34.7 Å². The molecule has 2 N–H and O–H groups in total. The minimum absolute atomic E-state index is 0.162. The number of nitrogens with one attached hydrogen (secondary N) is 2. The molecular weight excluding hydrogens is 400 g/mol. The number of urea groups is 1. The fourth-order valence-electron chi connectivity index (χ4n) is 3.93. The first-order valence-electron chi connectivity index (χ1n) is 10.3. The van der Waals surface area contributed by atoms with E-state index in [9.17, 15) is 14.4 Å². The number of aromatic nitrogens is 1. The summed E-state index contributed by atoms with van der Waals surface area (Å²) in [4.78, 5) is 44.0. The van der Waals surface area contributed by atoms with Crippen LogP contribution in [0.3, 0.4) is 0 Å². The molecule has 1 unspecified atom stereocenters. The quantitative estimate of drug-likeness (QED) is 0.660. The molecule has 1 saturated heterocycles. The van der Waals surface area contributed by atoms with Gasteiger partial charge in [0, 0.05) is 10.4 Å².